The van der Waals surface area contributed by atoms with Crippen LogP contribution in [0, 0.1) is 0 Å². The predicted molar refractivity (Wildman–Crippen MR) is 31.2 cm³/mol. The smallest absolute Gasteiger partial charge is 0.246 e. The van der Waals surface area contributed by atoms with Gasteiger partial charge in [-0.15, -0.1) is 0 Å². The maximum atomic E-state index is 9.65. The van der Waals surface area contributed by atoms with E-state index in [1.54, 1.807) is 0 Å². The average molecular weight is 152 g/mol. The molecule has 46 valence electrons. The van der Waals surface area contributed by atoms with Gasteiger partial charge < -0.3 is 0 Å². The SMILES string of the molecule is O=PNCCNP=O. The van der Waals surface area contributed by atoms with Crippen molar-refractivity contribution >= 4 is 17.2 Å². The lowest BCUT2D eigenvalue weighted by atomic mass is 10.7. The van der Waals surface area contributed by atoms with Crippen molar-refractivity contribution in [3.63, 3.8) is 0 Å². The van der Waals surface area contributed by atoms with E-state index >= 15 is 0 Å². The Morgan fingerprint density at radius 3 is 1.62 bits per heavy atom. The second-order valence-electron chi connectivity index (χ2n) is 0.999. The third-order valence-corrected chi connectivity index (χ3v) is 1.18. The van der Waals surface area contributed by atoms with Crippen LogP contribution in [0.4, 0.5) is 0 Å². The summed E-state index contributed by atoms with van der Waals surface area (Å²) in [6.07, 6.45) is 0. The molecule has 0 aliphatic heterocycles. The lowest BCUT2D eigenvalue weighted by molar-refractivity contribution is 0.585. The van der Waals surface area contributed by atoms with Gasteiger partial charge in [0.25, 0.3) is 0 Å². The molecule has 0 rings (SSSR count). The van der Waals surface area contributed by atoms with Crippen LogP contribution < -0.4 is 10.2 Å². The molecule has 0 unspecified atom stereocenters. The van der Waals surface area contributed by atoms with Crippen LogP contribution in [0.15, 0.2) is 0 Å². The highest BCUT2D eigenvalue weighted by Crippen LogP contribution is 1.80. The maximum absolute atomic E-state index is 9.65. The summed E-state index contributed by atoms with van der Waals surface area (Å²) in [5, 5.41) is 4.99. The third-order valence-electron chi connectivity index (χ3n) is 0.478. The number of rotatable bonds is 5. The van der Waals surface area contributed by atoms with Crippen molar-refractivity contribution in [3.05, 3.63) is 0 Å². The van der Waals surface area contributed by atoms with Gasteiger partial charge in [0.05, 0.1) is 0 Å². The fraction of sp³-hybridized carbons (Fsp3) is 1.00. The van der Waals surface area contributed by atoms with E-state index in [0.717, 1.165) is 0 Å². The summed E-state index contributed by atoms with van der Waals surface area (Å²) >= 11 is 0. The van der Waals surface area contributed by atoms with Gasteiger partial charge in [0.1, 0.15) is 0 Å². The fourth-order valence-electron chi connectivity index (χ4n) is 0.203. The van der Waals surface area contributed by atoms with Crippen LogP contribution in [-0.4, -0.2) is 13.1 Å². The van der Waals surface area contributed by atoms with Gasteiger partial charge in [-0.25, -0.2) is 10.2 Å². The molecule has 0 bridgehead atoms. The molecule has 0 heterocycles. The molecule has 0 aliphatic rings. The largest absolute Gasteiger partial charge is 0.256 e. The summed E-state index contributed by atoms with van der Waals surface area (Å²) in [6.45, 7) is 1.11. The molecule has 6 heteroatoms. The van der Waals surface area contributed by atoms with Crippen molar-refractivity contribution in [3.8, 4) is 0 Å². The monoisotopic (exact) mass is 152 g/mol. The van der Waals surface area contributed by atoms with Gasteiger partial charge in [-0.1, -0.05) is 0 Å². The highest BCUT2D eigenvalue weighted by atomic mass is 31.1. The fourth-order valence-corrected chi connectivity index (χ4v) is 0.609. The molecule has 0 aromatic heterocycles. The number of hydrogen-bond acceptors (Lipinski definition) is 2. The average Bonchev–Trinajstić information content (AvgIpc) is 1.81. The first-order valence-electron chi connectivity index (χ1n) is 2.02. The molecule has 8 heavy (non-hydrogen) atoms. The van der Waals surface area contributed by atoms with E-state index in [0.29, 0.717) is 13.1 Å². The number of hydrogen-bond donors (Lipinski definition) is 2. The summed E-state index contributed by atoms with van der Waals surface area (Å²) in [5.41, 5.74) is 0. The van der Waals surface area contributed by atoms with Crippen molar-refractivity contribution in [1.82, 2.24) is 10.2 Å². The van der Waals surface area contributed by atoms with E-state index in [2.05, 4.69) is 10.2 Å². The van der Waals surface area contributed by atoms with Gasteiger partial charge >= 0.3 is 0 Å². The van der Waals surface area contributed by atoms with Crippen molar-refractivity contribution in [2.75, 3.05) is 13.1 Å². The van der Waals surface area contributed by atoms with Gasteiger partial charge in [0.2, 0.25) is 17.2 Å². The van der Waals surface area contributed by atoms with Crippen LogP contribution in [0.5, 0.6) is 0 Å². The molecule has 0 spiro atoms. The lowest BCUT2D eigenvalue weighted by Crippen LogP contribution is -2.14. The standard InChI is InChI=1S/C2H6N2O2P2/c5-7-3-1-2-4-8-6/h1-2H2,(H,3,5)(H,4,6). The Morgan fingerprint density at radius 1 is 1.00 bits per heavy atom. The van der Waals surface area contributed by atoms with E-state index in [1.165, 1.54) is 0 Å². The molecule has 0 aromatic rings. The number of nitrogens with one attached hydrogen (secondary N) is 2. The van der Waals surface area contributed by atoms with Crippen LogP contribution >= 0.6 is 17.2 Å². The van der Waals surface area contributed by atoms with Crippen molar-refractivity contribution in [2.24, 2.45) is 0 Å². The maximum Gasteiger partial charge on any atom is 0.246 e. The molecule has 0 amide bonds. The van der Waals surface area contributed by atoms with E-state index in [1.807, 2.05) is 0 Å². The minimum atomic E-state index is -0.0846. The Bertz CT molecular complexity index is 68.4. The molecule has 0 saturated heterocycles. The first kappa shape index (κ1) is 8.12. The molecule has 2 N–H and O–H groups in total. The van der Waals surface area contributed by atoms with Gasteiger partial charge in [0, 0.05) is 13.1 Å². The summed E-state index contributed by atoms with van der Waals surface area (Å²) in [6, 6.07) is 0. The zero-order chi connectivity index (χ0) is 6.24. The summed E-state index contributed by atoms with van der Waals surface area (Å²) in [4.78, 5) is 0. The third kappa shape index (κ3) is 6.12. The summed E-state index contributed by atoms with van der Waals surface area (Å²) in [7, 11) is -0.169. The molecule has 0 aromatic carbocycles. The highest BCUT2D eigenvalue weighted by molar-refractivity contribution is 7.21. The minimum absolute atomic E-state index is 0.0846. The first-order valence-corrected chi connectivity index (χ1v) is 3.64. The van der Waals surface area contributed by atoms with Crippen LogP contribution in [0.3, 0.4) is 0 Å². The Kier molecular flexibility index (Phi) is 7.23. The predicted octanol–water partition coefficient (Wildman–Crippen LogP) is 0.579. The summed E-state index contributed by atoms with van der Waals surface area (Å²) < 4.78 is 19.3. The van der Waals surface area contributed by atoms with Gasteiger partial charge in [-0.3, -0.25) is 9.13 Å². The molecule has 0 aliphatic carbocycles. The Morgan fingerprint density at radius 2 is 1.38 bits per heavy atom. The Hall–Kier alpha value is 0.120. The van der Waals surface area contributed by atoms with Crippen LogP contribution in [0.1, 0.15) is 0 Å². The van der Waals surface area contributed by atoms with E-state index in [9.17, 15) is 9.13 Å². The molecular weight excluding hydrogens is 146 g/mol. The Balaban J connectivity index is 2.71. The molecule has 0 radical (unpaired) electrons. The van der Waals surface area contributed by atoms with Gasteiger partial charge in [0.15, 0.2) is 0 Å². The second kappa shape index (κ2) is 7.12. The Labute approximate surface area is 50.6 Å². The second-order valence-corrected chi connectivity index (χ2v) is 2.00. The zero-order valence-corrected chi connectivity index (χ0v) is 5.91. The van der Waals surface area contributed by atoms with Gasteiger partial charge in [-0.2, -0.15) is 0 Å². The van der Waals surface area contributed by atoms with E-state index in [-0.39, 0.29) is 17.2 Å². The van der Waals surface area contributed by atoms with E-state index < -0.39 is 0 Å². The quantitative estimate of drug-likeness (QED) is 0.446. The van der Waals surface area contributed by atoms with Gasteiger partial charge in [-0.05, 0) is 0 Å². The highest BCUT2D eigenvalue weighted by Gasteiger charge is 1.81. The molecule has 0 atom stereocenters. The normalized spacial score (nSPS) is 10.5. The zero-order valence-electron chi connectivity index (χ0n) is 4.13. The van der Waals surface area contributed by atoms with Crippen LogP contribution in [0.2, 0.25) is 0 Å². The van der Waals surface area contributed by atoms with Crippen molar-refractivity contribution < 1.29 is 9.13 Å². The molecule has 4 nitrogen and oxygen atoms in total. The molecular formula is C2H6N2O2P2. The van der Waals surface area contributed by atoms with Crippen molar-refractivity contribution in [2.45, 2.75) is 0 Å². The molecule has 0 saturated carbocycles. The van der Waals surface area contributed by atoms with Crippen LogP contribution in [0.25, 0.3) is 0 Å². The molecule has 0 fully saturated rings. The van der Waals surface area contributed by atoms with Crippen LogP contribution in [-0.2, 0) is 9.13 Å². The van der Waals surface area contributed by atoms with E-state index in [4.69, 9.17) is 0 Å². The minimum Gasteiger partial charge on any atom is -0.256 e. The first-order chi connectivity index (χ1) is 3.91. The topological polar surface area (TPSA) is 58.2 Å². The summed E-state index contributed by atoms with van der Waals surface area (Å²) in [5.74, 6) is 0. The van der Waals surface area contributed by atoms with Crippen molar-refractivity contribution in [1.29, 1.82) is 0 Å². The lowest BCUT2D eigenvalue weighted by Gasteiger charge is -1.89.